The molecule has 0 bridgehead atoms. The summed E-state index contributed by atoms with van der Waals surface area (Å²) in [7, 11) is 0. The minimum Gasteiger partial charge on any atom is -0.394 e. The smallest absolute Gasteiger partial charge is 0.219 e. The van der Waals surface area contributed by atoms with Crippen molar-refractivity contribution in [3.05, 3.63) is 0 Å². The molecule has 3 N–H and O–H groups in total. The molecule has 0 saturated heterocycles. The van der Waals surface area contributed by atoms with E-state index in [2.05, 4.69) is 0 Å². The molecular formula is C8H17NO5. The van der Waals surface area contributed by atoms with Crippen LogP contribution in [0.4, 0.5) is 0 Å². The molecule has 0 aromatic rings. The van der Waals surface area contributed by atoms with Crippen LogP contribution in [-0.2, 0) is 19.0 Å². The first kappa shape index (κ1) is 13.3. The minimum absolute atomic E-state index is 0.00904. The van der Waals surface area contributed by atoms with Crippen molar-refractivity contribution in [1.82, 2.24) is 0 Å². The van der Waals surface area contributed by atoms with Gasteiger partial charge in [-0.2, -0.15) is 0 Å². The zero-order valence-electron chi connectivity index (χ0n) is 8.11. The molecule has 0 rings (SSSR count). The van der Waals surface area contributed by atoms with Gasteiger partial charge in [0.05, 0.1) is 33.0 Å². The third kappa shape index (κ3) is 11.3. The number of primary amides is 1. The lowest BCUT2D eigenvalue weighted by Crippen LogP contribution is -2.15. The molecule has 0 radical (unpaired) electrons. The SMILES string of the molecule is NC(=O)CCOCOCCOCCO. The third-order valence-electron chi connectivity index (χ3n) is 1.27. The predicted molar refractivity (Wildman–Crippen MR) is 48.5 cm³/mol. The van der Waals surface area contributed by atoms with Gasteiger partial charge in [-0.25, -0.2) is 0 Å². The van der Waals surface area contributed by atoms with Crippen molar-refractivity contribution in [2.45, 2.75) is 6.42 Å². The molecule has 6 nitrogen and oxygen atoms in total. The lowest BCUT2D eigenvalue weighted by Gasteiger charge is -2.05. The van der Waals surface area contributed by atoms with Gasteiger partial charge in [0.25, 0.3) is 0 Å². The number of aliphatic hydroxyl groups is 1. The van der Waals surface area contributed by atoms with E-state index >= 15 is 0 Å². The monoisotopic (exact) mass is 207 g/mol. The first-order valence-electron chi connectivity index (χ1n) is 4.39. The van der Waals surface area contributed by atoms with E-state index in [-0.39, 0.29) is 26.4 Å². The van der Waals surface area contributed by atoms with Crippen molar-refractivity contribution in [3.63, 3.8) is 0 Å². The molecule has 0 fully saturated rings. The Morgan fingerprint density at radius 1 is 1.07 bits per heavy atom. The molecule has 0 atom stereocenters. The lowest BCUT2D eigenvalue weighted by molar-refractivity contribution is -0.121. The highest BCUT2D eigenvalue weighted by Gasteiger charge is 1.94. The lowest BCUT2D eigenvalue weighted by atomic mass is 10.4. The Balaban J connectivity index is 2.88. The fourth-order valence-corrected chi connectivity index (χ4v) is 0.634. The second-order valence-electron chi connectivity index (χ2n) is 2.49. The number of rotatable bonds is 10. The van der Waals surface area contributed by atoms with E-state index < -0.39 is 5.91 Å². The zero-order valence-corrected chi connectivity index (χ0v) is 8.11. The van der Waals surface area contributed by atoms with Gasteiger partial charge < -0.3 is 25.1 Å². The largest absolute Gasteiger partial charge is 0.394 e. The number of amides is 1. The van der Waals surface area contributed by atoms with Crippen LogP contribution >= 0.6 is 0 Å². The Labute approximate surface area is 82.9 Å². The fraction of sp³-hybridized carbons (Fsp3) is 0.875. The van der Waals surface area contributed by atoms with Crippen molar-refractivity contribution < 1.29 is 24.1 Å². The Morgan fingerprint density at radius 3 is 2.36 bits per heavy atom. The van der Waals surface area contributed by atoms with E-state index in [4.69, 9.17) is 25.1 Å². The van der Waals surface area contributed by atoms with Gasteiger partial charge in [-0.05, 0) is 0 Å². The van der Waals surface area contributed by atoms with Crippen LogP contribution in [0.1, 0.15) is 6.42 Å². The average molecular weight is 207 g/mol. The summed E-state index contributed by atoms with van der Waals surface area (Å²) in [4.78, 5) is 10.3. The summed E-state index contributed by atoms with van der Waals surface area (Å²) in [6.07, 6.45) is 0.199. The highest BCUT2D eigenvalue weighted by atomic mass is 16.7. The normalized spacial score (nSPS) is 10.4. The summed E-state index contributed by atoms with van der Waals surface area (Å²) in [6, 6.07) is 0. The molecule has 6 heteroatoms. The van der Waals surface area contributed by atoms with Gasteiger partial charge in [0.15, 0.2) is 0 Å². The van der Waals surface area contributed by atoms with Gasteiger partial charge in [-0.3, -0.25) is 4.79 Å². The molecule has 0 heterocycles. The van der Waals surface area contributed by atoms with Crippen molar-refractivity contribution in [2.24, 2.45) is 5.73 Å². The van der Waals surface area contributed by atoms with Crippen LogP contribution in [0.3, 0.4) is 0 Å². The highest BCUT2D eigenvalue weighted by molar-refractivity contribution is 5.73. The van der Waals surface area contributed by atoms with Gasteiger partial charge >= 0.3 is 0 Å². The van der Waals surface area contributed by atoms with Gasteiger partial charge in [0.1, 0.15) is 6.79 Å². The second-order valence-corrected chi connectivity index (χ2v) is 2.49. The molecule has 0 saturated carbocycles. The molecule has 0 aromatic carbocycles. The molecule has 84 valence electrons. The van der Waals surface area contributed by atoms with Gasteiger partial charge in [-0.1, -0.05) is 0 Å². The standard InChI is InChI=1S/C8H17NO5/c9-8(11)1-3-13-7-14-6-5-12-4-2-10/h10H,1-7H2,(H2,9,11). The summed E-state index contributed by atoms with van der Waals surface area (Å²) in [6.45, 7) is 1.53. The number of ether oxygens (including phenoxy) is 3. The van der Waals surface area contributed by atoms with Crippen LogP contribution < -0.4 is 5.73 Å². The number of carbonyl (C=O) groups is 1. The van der Waals surface area contributed by atoms with E-state index in [1.165, 1.54) is 0 Å². The Bertz CT molecular complexity index is 142. The second kappa shape index (κ2) is 10.4. The zero-order chi connectivity index (χ0) is 10.6. The summed E-state index contributed by atoms with van der Waals surface area (Å²) in [5.41, 5.74) is 4.88. The fourth-order valence-electron chi connectivity index (χ4n) is 0.634. The Kier molecular flexibility index (Phi) is 9.88. The molecular weight excluding hydrogens is 190 g/mol. The van der Waals surface area contributed by atoms with Gasteiger partial charge in [-0.15, -0.1) is 0 Å². The maximum atomic E-state index is 10.3. The van der Waals surface area contributed by atoms with Crippen LogP contribution in [0.2, 0.25) is 0 Å². The van der Waals surface area contributed by atoms with Crippen LogP contribution in [0, 0.1) is 0 Å². The number of hydrogen-bond donors (Lipinski definition) is 2. The minimum atomic E-state index is -0.392. The van der Waals surface area contributed by atoms with Crippen molar-refractivity contribution >= 4 is 5.91 Å². The Morgan fingerprint density at radius 2 is 1.71 bits per heavy atom. The van der Waals surface area contributed by atoms with Crippen LogP contribution in [0.25, 0.3) is 0 Å². The summed E-state index contributed by atoms with van der Waals surface area (Å²) >= 11 is 0. The maximum absolute atomic E-state index is 10.3. The summed E-state index contributed by atoms with van der Waals surface area (Å²) < 4.78 is 14.8. The first-order valence-corrected chi connectivity index (χ1v) is 4.39. The number of carbonyl (C=O) groups excluding carboxylic acids is 1. The predicted octanol–water partition coefficient (Wildman–Crippen LogP) is -1.14. The number of hydrogen-bond acceptors (Lipinski definition) is 5. The molecule has 0 spiro atoms. The number of nitrogens with two attached hydrogens (primary N) is 1. The van der Waals surface area contributed by atoms with E-state index in [0.717, 1.165) is 0 Å². The molecule has 1 amide bonds. The average Bonchev–Trinajstić information content (AvgIpc) is 2.15. The molecule has 0 aliphatic carbocycles. The van der Waals surface area contributed by atoms with E-state index in [0.29, 0.717) is 19.8 Å². The topological polar surface area (TPSA) is 91.0 Å². The molecule has 0 unspecified atom stereocenters. The summed E-state index contributed by atoms with van der Waals surface area (Å²) in [5.74, 6) is -0.392. The number of aliphatic hydroxyl groups excluding tert-OH is 1. The van der Waals surface area contributed by atoms with Gasteiger partial charge in [0.2, 0.25) is 5.91 Å². The van der Waals surface area contributed by atoms with Crippen molar-refractivity contribution in [2.75, 3.05) is 39.8 Å². The van der Waals surface area contributed by atoms with E-state index in [1.54, 1.807) is 0 Å². The highest BCUT2D eigenvalue weighted by Crippen LogP contribution is 1.83. The first-order chi connectivity index (χ1) is 6.77. The third-order valence-corrected chi connectivity index (χ3v) is 1.27. The van der Waals surface area contributed by atoms with Crippen LogP contribution in [0.5, 0.6) is 0 Å². The van der Waals surface area contributed by atoms with E-state index in [9.17, 15) is 4.79 Å². The van der Waals surface area contributed by atoms with Crippen LogP contribution in [0.15, 0.2) is 0 Å². The summed E-state index contributed by atoms with van der Waals surface area (Å²) in [5, 5.41) is 8.36. The van der Waals surface area contributed by atoms with Gasteiger partial charge in [0, 0.05) is 6.42 Å². The molecule has 0 aliphatic rings. The van der Waals surface area contributed by atoms with E-state index in [1.807, 2.05) is 0 Å². The van der Waals surface area contributed by atoms with Crippen molar-refractivity contribution in [3.8, 4) is 0 Å². The molecule has 0 aliphatic heterocycles. The molecule has 0 aromatic heterocycles. The Hall–Kier alpha value is -0.690. The van der Waals surface area contributed by atoms with Crippen LogP contribution in [-0.4, -0.2) is 50.8 Å². The quantitative estimate of drug-likeness (QED) is 0.349. The molecule has 14 heavy (non-hydrogen) atoms. The maximum Gasteiger partial charge on any atom is 0.219 e. The van der Waals surface area contributed by atoms with Crippen molar-refractivity contribution in [1.29, 1.82) is 0 Å².